The first-order valence-electron chi connectivity index (χ1n) is 7.56. The smallest absolute Gasteiger partial charge is 0.225 e. The lowest BCUT2D eigenvalue weighted by atomic mass is 9.98. The van der Waals surface area contributed by atoms with Crippen LogP contribution in [0.2, 0.25) is 0 Å². The number of nitrogens with zero attached hydrogens (tertiary/aromatic N) is 1. The van der Waals surface area contributed by atoms with Gasteiger partial charge in [-0.2, -0.15) is 11.3 Å². The largest absolute Gasteiger partial charge is 0.326 e. The maximum Gasteiger partial charge on any atom is 0.225 e. The van der Waals surface area contributed by atoms with Crippen LogP contribution in [0.25, 0.3) is 10.8 Å². The summed E-state index contributed by atoms with van der Waals surface area (Å²) in [7, 11) is 1.91. The molecule has 1 unspecified atom stereocenters. The number of likely N-dealkylation sites (N-methyl/N-ethyl adjacent to an activating group) is 1. The molecule has 0 saturated carbocycles. The number of hydrogen-bond acceptors (Lipinski definition) is 4. The zero-order chi connectivity index (χ0) is 16.1. The number of carbonyl (C=O) groups is 1. The van der Waals surface area contributed by atoms with Gasteiger partial charge in [-0.3, -0.25) is 9.78 Å². The molecule has 1 amide bonds. The summed E-state index contributed by atoms with van der Waals surface area (Å²) in [4.78, 5) is 16.5. The van der Waals surface area contributed by atoms with E-state index in [0.717, 1.165) is 23.0 Å². The third-order valence-electron chi connectivity index (χ3n) is 3.82. The lowest BCUT2D eigenvalue weighted by Crippen LogP contribution is -2.22. The number of amides is 1. The van der Waals surface area contributed by atoms with Crippen molar-refractivity contribution in [3.8, 4) is 0 Å². The van der Waals surface area contributed by atoms with Crippen molar-refractivity contribution in [1.29, 1.82) is 0 Å². The van der Waals surface area contributed by atoms with Crippen LogP contribution in [-0.2, 0) is 4.79 Å². The monoisotopic (exact) mass is 325 g/mol. The fourth-order valence-corrected chi connectivity index (χ4v) is 3.40. The Kier molecular flexibility index (Phi) is 5.00. The van der Waals surface area contributed by atoms with Crippen LogP contribution in [0.3, 0.4) is 0 Å². The highest BCUT2D eigenvalue weighted by Crippen LogP contribution is 2.23. The number of pyridine rings is 1. The minimum Gasteiger partial charge on any atom is -0.326 e. The highest BCUT2D eigenvalue weighted by molar-refractivity contribution is 7.08. The maximum absolute atomic E-state index is 12.4. The van der Waals surface area contributed by atoms with E-state index in [1.54, 1.807) is 17.5 Å². The minimum atomic E-state index is 0.0323. The van der Waals surface area contributed by atoms with Gasteiger partial charge in [0, 0.05) is 42.4 Å². The lowest BCUT2D eigenvalue weighted by Gasteiger charge is -2.15. The second kappa shape index (κ2) is 7.35. The minimum absolute atomic E-state index is 0.0323. The van der Waals surface area contributed by atoms with Gasteiger partial charge >= 0.3 is 0 Å². The molecule has 1 aromatic carbocycles. The number of hydrogen-bond donors (Lipinski definition) is 2. The molecule has 2 aromatic heterocycles. The van der Waals surface area contributed by atoms with Crippen LogP contribution in [0.1, 0.15) is 17.9 Å². The van der Waals surface area contributed by atoms with E-state index in [4.69, 9.17) is 0 Å². The first-order valence-corrected chi connectivity index (χ1v) is 8.51. The summed E-state index contributed by atoms with van der Waals surface area (Å²) in [5, 5.41) is 12.5. The average Bonchev–Trinajstić information content (AvgIpc) is 3.09. The number of thiophene rings is 1. The zero-order valence-electron chi connectivity index (χ0n) is 13.0. The summed E-state index contributed by atoms with van der Waals surface area (Å²) in [6, 6.07) is 9.90. The average molecular weight is 325 g/mol. The van der Waals surface area contributed by atoms with Gasteiger partial charge in [0.1, 0.15) is 0 Å². The summed E-state index contributed by atoms with van der Waals surface area (Å²) < 4.78 is 0. The molecular weight excluding hydrogens is 306 g/mol. The van der Waals surface area contributed by atoms with Crippen LogP contribution in [0.4, 0.5) is 5.69 Å². The SMILES string of the molecule is CNCC(CC(=O)Nc1ccc2cnccc2c1)c1ccsc1. The van der Waals surface area contributed by atoms with Gasteiger partial charge in [-0.1, -0.05) is 6.07 Å². The van der Waals surface area contributed by atoms with E-state index < -0.39 is 0 Å². The van der Waals surface area contributed by atoms with E-state index in [1.807, 2.05) is 42.9 Å². The van der Waals surface area contributed by atoms with E-state index in [-0.39, 0.29) is 11.8 Å². The molecule has 0 saturated heterocycles. The number of nitrogens with one attached hydrogen (secondary N) is 2. The quantitative estimate of drug-likeness (QED) is 0.728. The van der Waals surface area contributed by atoms with Crippen LogP contribution >= 0.6 is 11.3 Å². The zero-order valence-corrected chi connectivity index (χ0v) is 13.8. The van der Waals surface area contributed by atoms with Crippen molar-refractivity contribution in [2.75, 3.05) is 18.9 Å². The summed E-state index contributed by atoms with van der Waals surface area (Å²) >= 11 is 1.66. The van der Waals surface area contributed by atoms with Gasteiger partial charge in [-0.25, -0.2) is 0 Å². The molecule has 0 aliphatic carbocycles. The van der Waals surface area contributed by atoms with Crippen molar-refractivity contribution < 1.29 is 4.79 Å². The Morgan fingerprint density at radius 1 is 1.26 bits per heavy atom. The maximum atomic E-state index is 12.4. The number of fused-ring (bicyclic) bond motifs is 1. The highest BCUT2D eigenvalue weighted by Gasteiger charge is 2.16. The predicted octanol–water partition coefficient (Wildman–Crippen LogP) is 3.63. The van der Waals surface area contributed by atoms with Gasteiger partial charge in [0.2, 0.25) is 5.91 Å². The van der Waals surface area contributed by atoms with Crippen molar-refractivity contribution >= 4 is 33.7 Å². The van der Waals surface area contributed by atoms with E-state index in [0.29, 0.717) is 6.42 Å². The molecule has 118 valence electrons. The third kappa shape index (κ3) is 3.94. The summed E-state index contributed by atoms with van der Waals surface area (Å²) in [5.41, 5.74) is 2.03. The highest BCUT2D eigenvalue weighted by atomic mass is 32.1. The van der Waals surface area contributed by atoms with Crippen LogP contribution < -0.4 is 10.6 Å². The first kappa shape index (κ1) is 15.6. The van der Waals surface area contributed by atoms with Crippen molar-refractivity contribution in [2.24, 2.45) is 0 Å². The Hall–Kier alpha value is -2.24. The van der Waals surface area contributed by atoms with Gasteiger partial charge in [0.05, 0.1) is 0 Å². The summed E-state index contributed by atoms with van der Waals surface area (Å²) in [6.07, 6.45) is 4.04. The molecule has 3 aromatic rings. The Morgan fingerprint density at radius 3 is 2.96 bits per heavy atom. The predicted molar refractivity (Wildman–Crippen MR) is 96.0 cm³/mol. The first-order chi connectivity index (χ1) is 11.3. The molecule has 5 heteroatoms. The fraction of sp³-hybridized carbons (Fsp3) is 0.222. The molecular formula is C18H19N3OS. The van der Waals surface area contributed by atoms with Gasteiger partial charge in [0.25, 0.3) is 0 Å². The number of anilines is 1. The van der Waals surface area contributed by atoms with Gasteiger partial charge in [-0.05, 0) is 53.0 Å². The second-order valence-corrected chi connectivity index (χ2v) is 6.28. The molecule has 2 N–H and O–H groups in total. The second-order valence-electron chi connectivity index (χ2n) is 5.50. The molecule has 2 heterocycles. The topological polar surface area (TPSA) is 54.0 Å². The Morgan fingerprint density at radius 2 is 2.17 bits per heavy atom. The van der Waals surface area contributed by atoms with E-state index in [2.05, 4.69) is 27.1 Å². The molecule has 1 atom stereocenters. The number of benzene rings is 1. The Bertz CT molecular complexity index is 786. The summed E-state index contributed by atoms with van der Waals surface area (Å²) in [5.74, 6) is 0.223. The van der Waals surface area contributed by atoms with E-state index >= 15 is 0 Å². The van der Waals surface area contributed by atoms with Crippen molar-refractivity contribution in [3.63, 3.8) is 0 Å². The van der Waals surface area contributed by atoms with E-state index in [1.165, 1.54) is 5.56 Å². The van der Waals surface area contributed by atoms with Crippen molar-refractivity contribution in [1.82, 2.24) is 10.3 Å². The van der Waals surface area contributed by atoms with E-state index in [9.17, 15) is 4.79 Å². The number of carbonyl (C=O) groups excluding carboxylic acids is 1. The molecule has 0 fully saturated rings. The fourth-order valence-electron chi connectivity index (χ4n) is 2.66. The van der Waals surface area contributed by atoms with Crippen molar-refractivity contribution in [2.45, 2.75) is 12.3 Å². The third-order valence-corrected chi connectivity index (χ3v) is 4.52. The molecule has 0 spiro atoms. The molecule has 4 nitrogen and oxygen atoms in total. The Balaban J connectivity index is 1.69. The van der Waals surface area contributed by atoms with Crippen LogP contribution in [0.15, 0.2) is 53.5 Å². The molecule has 0 aliphatic rings. The van der Waals surface area contributed by atoms with Crippen LogP contribution in [0, 0.1) is 0 Å². The van der Waals surface area contributed by atoms with Crippen molar-refractivity contribution in [3.05, 3.63) is 59.0 Å². The number of aromatic nitrogens is 1. The molecule has 23 heavy (non-hydrogen) atoms. The standard InChI is InChI=1S/C18H19N3OS/c1-19-10-16(15-5-7-23-12-15)9-18(22)21-17-3-2-14-11-20-6-4-13(14)8-17/h2-8,11-12,16,19H,9-10H2,1H3,(H,21,22). The summed E-state index contributed by atoms with van der Waals surface area (Å²) in [6.45, 7) is 0.785. The molecule has 0 radical (unpaired) electrons. The van der Waals surface area contributed by atoms with Gasteiger partial charge in [-0.15, -0.1) is 0 Å². The number of rotatable bonds is 6. The van der Waals surface area contributed by atoms with Crippen LogP contribution in [-0.4, -0.2) is 24.5 Å². The molecule has 0 bridgehead atoms. The molecule has 0 aliphatic heterocycles. The molecule has 3 rings (SSSR count). The normalized spacial score (nSPS) is 12.2. The van der Waals surface area contributed by atoms with Gasteiger partial charge in [0.15, 0.2) is 0 Å². The lowest BCUT2D eigenvalue weighted by molar-refractivity contribution is -0.116. The Labute approximate surface area is 139 Å². The van der Waals surface area contributed by atoms with Crippen LogP contribution in [0.5, 0.6) is 0 Å². The van der Waals surface area contributed by atoms with Gasteiger partial charge < -0.3 is 10.6 Å².